The number of hydrogen-bond donors (Lipinski definition) is 2. The summed E-state index contributed by atoms with van der Waals surface area (Å²) in [6.45, 7) is 4.34. The van der Waals surface area contributed by atoms with Crippen LogP contribution in [0.15, 0.2) is 66.9 Å². The van der Waals surface area contributed by atoms with Crippen LogP contribution in [-0.4, -0.2) is 58.8 Å². The van der Waals surface area contributed by atoms with E-state index in [1.807, 2.05) is 39.9 Å². The Morgan fingerprint density at radius 3 is 2.49 bits per heavy atom. The third-order valence-corrected chi connectivity index (χ3v) is 9.28. The number of carbonyl (C=O) groups excluding carboxylic acids is 1. The molecule has 1 atom stereocenters. The van der Waals surface area contributed by atoms with Gasteiger partial charge < -0.3 is 15.2 Å². The molecule has 1 aliphatic heterocycles. The van der Waals surface area contributed by atoms with Gasteiger partial charge in [0.15, 0.2) is 0 Å². The zero-order valence-corrected chi connectivity index (χ0v) is 25.3. The predicted molar refractivity (Wildman–Crippen MR) is 171 cm³/mol. The van der Waals surface area contributed by atoms with E-state index < -0.39 is 10.0 Å². The van der Waals surface area contributed by atoms with Gasteiger partial charge in [-0.05, 0) is 86.1 Å². The Morgan fingerprint density at radius 2 is 1.77 bits per heavy atom. The Kier molecular flexibility index (Phi) is 6.78. The van der Waals surface area contributed by atoms with E-state index >= 15 is 0 Å². The third-order valence-electron chi connectivity index (χ3n) is 8.67. The smallest absolute Gasteiger partial charge is 0.255 e. The lowest BCUT2D eigenvalue weighted by Crippen LogP contribution is -2.45. The fourth-order valence-electron chi connectivity index (χ4n) is 6.25. The summed E-state index contributed by atoms with van der Waals surface area (Å²) in [5.74, 6) is 0.652. The van der Waals surface area contributed by atoms with Crippen molar-refractivity contribution < 1.29 is 13.2 Å². The molecule has 0 unspecified atom stereocenters. The number of anilines is 1. The first kappa shape index (κ1) is 27.7. The van der Waals surface area contributed by atoms with Gasteiger partial charge in [0, 0.05) is 54.0 Å². The molecule has 9 nitrogen and oxygen atoms in total. The van der Waals surface area contributed by atoms with E-state index in [-0.39, 0.29) is 11.9 Å². The number of amides is 1. The highest BCUT2D eigenvalue weighted by Crippen LogP contribution is 2.38. The standard InChI is InChI=1S/C33H36N6O3S/c1-21-29-14-11-26(33(40)37-15-3-4-27(34)20-37)19-39(29)35-32(21)31-17-25-8-7-24(16-30(25)38(31)18-22-5-6-22)23-9-12-28(13-10-23)36-43(2,41)42/h7-14,16-17,19,22,27,36H,3-6,15,18,20,34H2,1-2H3/t27-/m1/s1. The van der Waals surface area contributed by atoms with Gasteiger partial charge in [0.1, 0.15) is 5.69 Å². The largest absolute Gasteiger partial charge is 0.339 e. The second kappa shape index (κ2) is 10.5. The van der Waals surface area contributed by atoms with Gasteiger partial charge in [-0.3, -0.25) is 9.52 Å². The van der Waals surface area contributed by atoms with Crippen LogP contribution >= 0.6 is 0 Å². The summed E-state index contributed by atoms with van der Waals surface area (Å²) in [6, 6.07) is 20.1. The summed E-state index contributed by atoms with van der Waals surface area (Å²) in [4.78, 5) is 15.1. The molecule has 2 aromatic carbocycles. The first-order valence-electron chi connectivity index (χ1n) is 14.9. The van der Waals surface area contributed by atoms with Crippen LogP contribution in [0.4, 0.5) is 5.69 Å². The molecule has 1 aliphatic carbocycles. The number of piperidine rings is 1. The molecular weight excluding hydrogens is 560 g/mol. The maximum absolute atomic E-state index is 13.3. The Balaban J connectivity index is 1.26. The molecule has 3 N–H and O–H groups in total. The van der Waals surface area contributed by atoms with Crippen molar-refractivity contribution in [2.75, 3.05) is 24.1 Å². The van der Waals surface area contributed by atoms with E-state index in [9.17, 15) is 13.2 Å². The topological polar surface area (TPSA) is 115 Å². The number of carbonyl (C=O) groups is 1. The minimum Gasteiger partial charge on any atom is -0.339 e. The number of nitrogens with zero attached hydrogens (tertiary/aromatic N) is 4. The minimum atomic E-state index is -3.33. The molecule has 0 bridgehead atoms. The lowest BCUT2D eigenvalue weighted by molar-refractivity contribution is 0.0708. The maximum atomic E-state index is 13.3. The predicted octanol–water partition coefficient (Wildman–Crippen LogP) is 5.28. The van der Waals surface area contributed by atoms with Crippen LogP contribution in [0.1, 0.15) is 41.6 Å². The highest BCUT2D eigenvalue weighted by Gasteiger charge is 2.27. The van der Waals surface area contributed by atoms with Crippen molar-refractivity contribution in [3.05, 3.63) is 78.0 Å². The van der Waals surface area contributed by atoms with E-state index in [0.29, 0.717) is 23.7 Å². The zero-order valence-electron chi connectivity index (χ0n) is 24.5. The Morgan fingerprint density at radius 1 is 1.00 bits per heavy atom. The van der Waals surface area contributed by atoms with Crippen LogP contribution in [0.3, 0.4) is 0 Å². The fourth-order valence-corrected chi connectivity index (χ4v) is 6.81. The van der Waals surface area contributed by atoms with Crippen molar-refractivity contribution in [2.24, 2.45) is 11.7 Å². The number of fused-ring (bicyclic) bond motifs is 2. The number of nitrogens with one attached hydrogen (secondary N) is 1. The van der Waals surface area contributed by atoms with Gasteiger partial charge in [-0.1, -0.05) is 24.3 Å². The second-order valence-corrected chi connectivity index (χ2v) is 13.9. The summed E-state index contributed by atoms with van der Waals surface area (Å²) >= 11 is 0. The number of likely N-dealkylation sites (tertiary alicyclic amines) is 1. The van der Waals surface area contributed by atoms with Crippen molar-refractivity contribution in [1.29, 1.82) is 0 Å². The quantitative estimate of drug-likeness (QED) is 0.266. The highest BCUT2D eigenvalue weighted by atomic mass is 32.2. The molecule has 7 rings (SSSR count). The van der Waals surface area contributed by atoms with Crippen LogP contribution in [-0.2, 0) is 16.6 Å². The van der Waals surface area contributed by atoms with Crippen molar-refractivity contribution >= 4 is 38.0 Å². The van der Waals surface area contributed by atoms with E-state index in [4.69, 9.17) is 10.8 Å². The van der Waals surface area contributed by atoms with E-state index in [0.717, 1.165) is 76.7 Å². The summed E-state index contributed by atoms with van der Waals surface area (Å²) in [5.41, 5.74) is 14.6. The lowest BCUT2D eigenvalue weighted by atomic mass is 10.0. The van der Waals surface area contributed by atoms with E-state index in [1.165, 1.54) is 12.8 Å². The Bertz CT molecular complexity index is 1970. The molecule has 0 spiro atoms. The summed E-state index contributed by atoms with van der Waals surface area (Å²) in [6.07, 6.45) is 7.33. The number of hydrogen-bond acceptors (Lipinski definition) is 5. The van der Waals surface area contributed by atoms with Gasteiger partial charge in [-0.15, -0.1) is 0 Å². The first-order valence-corrected chi connectivity index (χ1v) is 16.8. The number of sulfonamides is 1. The maximum Gasteiger partial charge on any atom is 0.255 e. The Labute approximate surface area is 251 Å². The third kappa shape index (κ3) is 5.52. The molecule has 10 heteroatoms. The molecule has 5 aromatic rings. The van der Waals surface area contributed by atoms with Crippen LogP contribution < -0.4 is 10.5 Å². The highest BCUT2D eigenvalue weighted by molar-refractivity contribution is 7.92. The van der Waals surface area contributed by atoms with Gasteiger partial charge >= 0.3 is 0 Å². The molecule has 4 heterocycles. The van der Waals surface area contributed by atoms with Crippen LogP contribution in [0, 0.1) is 12.8 Å². The van der Waals surface area contributed by atoms with Crippen LogP contribution in [0.25, 0.3) is 38.9 Å². The lowest BCUT2D eigenvalue weighted by Gasteiger charge is -2.30. The van der Waals surface area contributed by atoms with Gasteiger partial charge in [0.2, 0.25) is 10.0 Å². The van der Waals surface area contributed by atoms with Crippen molar-refractivity contribution in [1.82, 2.24) is 19.1 Å². The number of pyridine rings is 1. The van der Waals surface area contributed by atoms with E-state index in [1.54, 1.807) is 12.1 Å². The van der Waals surface area contributed by atoms with Crippen molar-refractivity contribution in [2.45, 2.75) is 45.2 Å². The molecule has 43 heavy (non-hydrogen) atoms. The SMILES string of the molecule is Cc1c(-c2cc3ccc(-c4ccc(NS(C)(=O)=O)cc4)cc3n2CC2CC2)nn2cc(C(=O)N3CCC[C@@H](N)C3)ccc12. The number of aryl methyl sites for hydroxylation is 1. The number of nitrogens with two attached hydrogens (primary N) is 1. The van der Waals surface area contributed by atoms with Gasteiger partial charge in [-0.25, -0.2) is 12.9 Å². The van der Waals surface area contributed by atoms with Gasteiger partial charge in [-0.2, -0.15) is 5.10 Å². The number of benzene rings is 2. The van der Waals surface area contributed by atoms with Crippen molar-refractivity contribution in [3.8, 4) is 22.5 Å². The Hall–Kier alpha value is -4.15. The molecule has 2 fully saturated rings. The second-order valence-electron chi connectivity index (χ2n) is 12.2. The average Bonchev–Trinajstić information content (AvgIpc) is 3.66. The molecule has 2 aliphatic rings. The number of rotatable bonds is 7. The zero-order chi connectivity index (χ0) is 29.9. The molecule has 1 saturated carbocycles. The van der Waals surface area contributed by atoms with Gasteiger partial charge in [0.25, 0.3) is 5.91 Å². The molecule has 3 aromatic heterocycles. The summed E-state index contributed by atoms with van der Waals surface area (Å²) < 4.78 is 30.0. The molecule has 1 amide bonds. The number of aromatic nitrogens is 3. The monoisotopic (exact) mass is 596 g/mol. The van der Waals surface area contributed by atoms with E-state index in [2.05, 4.69) is 40.5 Å². The molecule has 1 saturated heterocycles. The minimum absolute atomic E-state index is 0.00209. The molecular formula is C33H36N6O3S. The average molecular weight is 597 g/mol. The summed E-state index contributed by atoms with van der Waals surface area (Å²) in [7, 11) is -3.33. The fraction of sp³-hybridized carbons (Fsp3) is 0.333. The van der Waals surface area contributed by atoms with Crippen molar-refractivity contribution in [3.63, 3.8) is 0 Å². The molecule has 222 valence electrons. The summed E-state index contributed by atoms with van der Waals surface area (Å²) in [5, 5.41) is 6.18. The normalized spacial score (nSPS) is 17.6. The van der Waals surface area contributed by atoms with Crippen LogP contribution in [0.2, 0.25) is 0 Å². The van der Waals surface area contributed by atoms with Crippen LogP contribution in [0.5, 0.6) is 0 Å². The van der Waals surface area contributed by atoms with Gasteiger partial charge in [0.05, 0.1) is 23.0 Å². The molecule has 0 radical (unpaired) electrons. The first-order chi connectivity index (χ1) is 20.6.